The second-order valence-electron chi connectivity index (χ2n) is 3.86. The molecule has 1 amide bonds. The fraction of sp³-hybridized carbons (Fsp3) is 0.600. The molecule has 0 heterocycles. The highest BCUT2D eigenvalue weighted by Gasteiger charge is 2.16. The van der Waals surface area contributed by atoms with E-state index < -0.39 is 11.6 Å². The van der Waals surface area contributed by atoms with Gasteiger partial charge >= 0.3 is 5.97 Å². The summed E-state index contributed by atoms with van der Waals surface area (Å²) in [6, 6.07) is 0. The first-order chi connectivity index (χ1) is 6.35. The van der Waals surface area contributed by atoms with Crippen LogP contribution < -0.4 is 5.32 Å². The molecule has 0 saturated carbocycles. The van der Waals surface area contributed by atoms with Crippen molar-refractivity contribution >= 4 is 11.9 Å². The minimum absolute atomic E-state index is 0.0933. The van der Waals surface area contributed by atoms with Crippen LogP contribution in [0.15, 0.2) is 12.7 Å². The lowest BCUT2D eigenvalue weighted by Gasteiger charge is -2.19. The Morgan fingerprint density at radius 1 is 1.43 bits per heavy atom. The molecule has 4 nitrogen and oxygen atoms in total. The molecule has 4 heteroatoms. The van der Waals surface area contributed by atoms with E-state index in [2.05, 4.69) is 11.9 Å². The van der Waals surface area contributed by atoms with Crippen molar-refractivity contribution in [3.8, 4) is 0 Å². The van der Waals surface area contributed by atoms with Crippen LogP contribution in [0, 0.1) is 0 Å². The lowest BCUT2D eigenvalue weighted by atomic mass is 10.2. The predicted molar refractivity (Wildman–Crippen MR) is 53.7 cm³/mol. The highest BCUT2D eigenvalue weighted by Crippen LogP contribution is 2.06. The van der Waals surface area contributed by atoms with Crippen LogP contribution in [0.5, 0.6) is 0 Å². The minimum atomic E-state index is -0.514. The molecule has 0 aliphatic heterocycles. The smallest absolute Gasteiger partial charge is 0.325 e. The zero-order chi connectivity index (χ0) is 11.2. The van der Waals surface area contributed by atoms with E-state index in [4.69, 9.17) is 4.74 Å². The SMILES string of the molecule is C=CCC(=O)NCC(=O)OC(C)(C)C. The summed E-state index contributed by atoms with van der Waals surface area (Å²) in [5.41, 5.74) is -0.514. The number of hydrogen-bond donors (Lipinski definition) is 1. The second-order valence-corrected chi connectivity index (χ2v) is 3.86. The Bertz CT molecular complexity index is 228. The standard InChI is InChI=1S/C10H17NO3/c1-5-6-8(12)11-7-9(13)14-10(2,3)4/h5H,1,6-7H2,2-4H3,(H,11,12). The number of esters is 1. The highest BCUT2D eigenvalue weighted by atomic mass is 16.6. The Labute approximate surface area is 84.3 Å². The van der Waals surface area contributed by atoms with Gasteiger partial charge in [0.1, 0.15) is 12.1 Å². The zero-order valence-corrected chi connectivity index (χ0v) is 8.92. The van der Waals surface area contributed by atoms with E-state index in [1.54, 1.807) is 20.8 Å². The quantitative estimate of drug-likeness (QED) is 0.543. The van der Waals surface area contributed by atoms with Gasteiger partial charge in [0.15, 0.2) is 0 Å². The molecule has 0 bridgehead atoms. The molecule has 0 radical (unpaired) electrons. The maximum absolute atomic E-state index is 11.1. The van der Waals surface area contributed by atoms with Crippen LogP contribution in [0.2, 0.25) is 0 Å². The van der Waals surface area contributed by atoms with Gasteiger partial charge in [-0.05, 0) is 20.8 Å². The second kappa shape index (κ2) is 5.42. The van der Waals surface area contributed by atoms with Gasteiger partial charge in [0, 0.05) is 6.42 Å². The Hall–Kier alpha value is -1.32. The minimum Gasteiger partial charge on any atom is -0.459 e. The average molecular weight is 199 g/mol. The van der Waals surface area contributed by atoms with E-state index in [9.17, 15) is 9.59 Å². The third-order valence-corrected chi connectivity index (χ3v) is 1.18. The molecular weight excluding hydrogens is 182 g/mol. The Balaban J connectivity index is 3.75. The molecule has 0 aliphatic carbocycles. The van der Waals surface area contributed by atoms with Crippen molar-refractivity contribution in [2.75, 3.05) is 6.54 Å². The number of ether oxygens (including phenoxy) is 1. The molecular formula is C10H17NO3. The first-order valence-corrected chi connectivity index (χ1v) is 4.44. The number of carbonyl (C=O) groups excluding carboxylic acids is 2. The average Bonchev–Trinajstić information content (AvgIpc) is 1.98. The monoisotopic (exact) mass is 199 g/mol. The molecule has 0 fully saturated rings. The maximum atomic E-state index is 11.1. The van der Waals surface area contributed by atoms with Crippen LogP contribution in [0.1, 0.15) is 27.2 Å². The summed E-state index contributed by atoms with van der Waals surface area (Å²) in [5.74, 6) is -0.666. The number of nitrogens with one attached hydrogen (secondary N) is 1. The van der Waals surface area contributed by atoms with E-state index in [1.165, 1.54) is 6.08 Å². The van der Waals surface area contributed by atoms with Crippen molar-refractivity contribution in [3.63, 3.8) is 0 Å². The summed E-state index contributed by atoms with van der Waals surface area (Å²) in [7, 11) is 0. The van der Waals surface area contributed by atoms with Gasteiger partial charge in [-0.2, -0.15) is 0 Å². The lowest BCUT2D eigenvalue weighted by molar-refractivity contribution is -0.154. The van der Waals surface area contributed by atoms with Crippen LogP contribution in [-0.4, -0.2) is 24.0 Å². The lowest BCUT2D eigenvalue weighted by Crippen LogP contribution is -2.34. The van der Waals surface area contributed by atoms with Crippen LogP contribution in [0.3, 0.4) is 0 Å². The first kappa shape index (κ1) is 12.7. The van der Waals surface area contributed by atoms with Gasteiger partial charge in [-0.3, -0.25) is 9.59 Å². The molecule has 80 valence electrons. The van der Waals surface area contributed by atoms with E-state index in [-0.39, 0.29) is 18.9 Å². The predicted octanol–water partition coefficient (Wildman–Crippen LogP) is 1.02. The van der Waals surface area contributed by atoms with Crippen molar-refractivity contribution in [2.24, 2.45) is 0 Å². The zero-order valence-electron chi connectivity index (χ0n) is 8.92. The molecule has 0 atom stereocenters. The third-order valence-electron chi connectivity index (χ3n) is 1.18. The largest absolute Gasteiger partial charge is 0.459 e. The molecule has 0 aliphatic rings. The van der Waals surface area contributed by atoms with Gasteiger partial charge in [0.2, 0.25) is 5.91 Å². The summed E-state index contributed by atoms with van der Waals surface area (Å²) in [6.07, 6.45) is 1.69. The van der Waals surface area contributed by atoms with Crippen molar-refractivity contribution in [1.82, 2.24) is 5.32 Å². The van der Waals surface area contributed by atoms with Crippen molar-refractivity contribution in [1.29, 1.82) is 0 Å². The third kappa shape index (κ3) is 7.34. The highest BCUT2D eigenvalue weighted by molar-refractivity contribution is 5.82. The normalized spacial score (nSPS) is 10.5. The summed E-state index contributed by atoms with van der Waals surface area (Å²) < 4.78 is 4.99. The first-order valence-electron chi connectivity index (χ1n) is 4.44. The molecule has 0 aromatic heterocycles. The molecule has 0 saturated heterocycles. The number of hydrogen-bond acceptors (Lipinski definition) is 3. The van der Waals surface area contributed by atoms with Crippen LogP contribution in [0.25, 0.3) is 0 Å². The summed E-state index contributed by atoms with van der Waals surface area (Å²) in [4.78, 5) is 22.0. The summed E-state index contributed by atoms with van der Waals surface area (Å²) in [6.45, 7) is 8.64. The van der Waals surface area contributed by atoms with Crippen LogP contribution in [-0.2, 0) is 14.3 Å². The maximum Gasteiger partial charge on any atom is 0.325 e. The van der Waals surface area contributed by atoms with E-state index >= 15 is 0 Å². The fourth-order valence-corrected chi connectivity index (χ4v) is 0.752. The molecule has 0 aromatic carbocycles. The Morgan fingerprint density at radius 3 is 2.43 bits per heavy atom. The number of carbonyl (C=O) groups is 2. The topological polar surface area (TPSA) is 55.4 Å². The van der Waals surface area contributed by atoms with Crippen molar-refractivity contribution in [3.05, 3.63) is 12.7 Å². The summed E-state index contributed by atoms with van der Waals surface area (Å²) in [5, 5.41) is 2.42. The molecule has 1 N–H and O–H groups in total. The van der Waals surface area contributed by atoms with E-state index in [0.717, 1.165) is 0 Å². The van der Waals surface area contributed by atoms with Gasteiger partial charge in [-0.1, -0.05) is 6.08 Å². The van der Waals surface area contributed by atoms with Gasteiger partial charge in [0.25, 0.3) is 0 Å². The molecule has 14 heavy (non-hydrogen) atoms. The summed E-state index contributed by atoms with van der Waals surface area (Å²) >= 11 is 0. The number of rotatable bonds is 4. The van der Waals surface area contributed by atoms with Crippen LogP contribution in [0.4, 0.5) is 0 Å². The molecule has 0 aromatic rings. The van der Waals surface area contributed by atoms with Crippen molar-refractivity contribution in [2.45, 2.75) is 32.8 Å². The molecule has 0 spiro atoms. The molecule has 0 rings (SSSR count). The van der Waals surface area contributed by atoms with Gasteiger partial charge in [-0.15, -0.1) is 6.58 Å². The van der Waals surface area contributed by atoms with Gasteiger partial charge < -0.3 is 10.1 Å². The Kier molecular flexibility index (Phi) is 4.91. The van der Waals surface area contributed by atoms with Gasteiger partial charge in [-0.25, -0.2) is 0 Å². The van der Waals surface area contributed by atoms with E-state index in [1.807, 2.05) is 0 Å². The molecule has 0 unspecified atom stereocenters. The Morgan fingerprint density at radius 2 is 2.00 bits per heavy atom. The number of amides is 1. The van der Waals surface area contributed by atoms with Gasteiger partial charge in [0.05, 0.1) is 0 Å². The fourth-order valence-electron chi connectivity index (χ4n) is 0.752. The van der Waals surface area contributed by atoms with Crippen LogP contribution >= 0.6 is 0 Å². The van der Waals surface area contributed by atoms with E-state index in [0.29, 0.717) is 0 Å². The van der Waals surface area contributed by atoms with Crippen molar-refractivity contribution < 1.29 is 14.3 Å².